The lowest BCUT2D eigenvalue weighted by atomic mass is 10.1. The van der Waals surface area contributed by atoms with Crippen molar-refractivity contribution < 1.29 is 25.5 Å². The predicted molar refractivity (Wildman–Crippen MR) is 72.4 cm³/mol. The Labute approximate surface area is 120 Å². The summed E-state index contributed by atoms with van der Waals surface area (Å²) in [6.07, 6.45) is -4.29. The van der Waals surface area contributed by atoms with Crippen molar-refractivity contribution in [3.63, 3.8) is 0 Å². The second-order valence-corrected chi connectivity index (χ2v) is 4.23. The molecule has 0 spiro atoms. The molecule has 0 bridgehead atoms. The Morgan fingerprint density at radius 1 is 0.773 bits per heavy atom. The van der Waals surface area contributed by atoms with Gasteiger partial charge in [0, 0.05) is 0 Å². The van der Waals surface area contributed by atoms with Crippen molar-refractivity contribution in [2.45, 2.75) is 18.3 Å². The molecule has 2 atom stereocenters. The van der Waals surface area contributed by atoms with Crippen LogP contribution in [-0.4, -0.2) is 77.0 Å². The molecule has 0 fully saturated rings. The van der Waals surface area contributed by atoms with Crippen molar-refractivity contribution >= 4 is 11.2 Å². The molecule has 2 unspecified atom stereocenters. The number of imidazole rings is 1. The Morgan fingerprint density at radius 2 is 1.23 bits per heavy atom. The molecule has 0 radical (unpaired) electrons. The van der Waals surface area contributed by atoms with Crippen molar-refractivity contribution in [2.75, 3.05) is 13.2 Å². The zero-order valence-electron chi connectivity index (χ0n) is 11.1. The molecule has 2 aromatic rings. The molecule has 0 saturated heterocycles. The van der Waals surface area contributed by atoms with Crippen molar-refractivity contribution in [3.05, 3.63) is 31.3 Å². The van der Waals surface area contributed by atoms with Gasteiger partial charge in [-0.15, -0.1) is 0 Å². The van der Waals surface area contributed by atoms with E-state index in [1.54, 1.807) is 0 Å². The van der Waals surface area contributed by atoms with Crippen LogP contribution in [0.2, 0.25) is 0 Å². The van der Waals surface area contributed by atoms with Gasteiger partial charge in [-0.2, -0.15) is 0 Å². The second kappa shape index (κ2) is 7.67. The Balaban J connectivity index is 0.000000225. The molecule has 12 nitrogen and oxygen atoms in total. The fourth-order valence-corrected chi connectivity index (χ4v) is 1.43. The van der Waals surface area contributed by atoms with E-state index >= 15 is 0 Å². The van der Waals surface area contributed by atoms with Crippen LogP contribution in [0, 0.1) is 0 Å². The molecule has 0 aliphatic carbocycles. The number of H-pyrrole nitrogens is 4. The number of nitrogens with one attached hydrogen (secondary N) is 4. The minimum absolute atomic E-state index is 0.0413. The van der Waals surface area contributed by atoms with Crippen molar-refractivity contribution in [1.82, 2.24) is 19.9 Å². The molecule has 2 rings (SSSR count). The summed E-state index contributed by atoms with van der Waals surface area (Å²) in [6.45, 7) is -1.28. The van der Waals surface area contributed by atoms with E-state index in [1.165, 1.54) is 0 Å². The third-order valence-corrected chi connectivity index (χ3v) is 2.58. The highest BCUT2D eigenvalue weighted by Gasteiger charge is 2.22. The summed E-state index contributed by atoms with van der Waals surface area (Å²) in [5.74, 6) is 0. The van der Waals surface area contributed by atoms with E-state index in [2.05, 4.69) is 15.0 Å². The first-order chi connectivity index (χ1) is 10.3. The van der Waals surface area contributed by atoms with Crippen molar-refractivity contribution in [3.8, 4) is 0 Å². The van der Waals surface area contributed by atoms with Gasteiger partial charge in [0.1, 0.15) is 29.5 Å². The number of aliphatic hydroxyl groups is 5. The topological polar surface area (TPSA) is 216 Å². The Bertz CT molecular complexity index is 748. The standard InChI is InChI=1S/C5H4N4O3.C5H12O5/c10-3-1-2(7-4(11)6-1)8-5(12)9-3;6-1-3(8)5(10)4(9)2-7/h(H4,6,7,8,9,10,11,12);3-10H,1-2H2. The maximum atomic E-state index is 10.9. The van der Waals surface area contributed by atoms with Crippen LogP contribution in [0.25, 0.3) is 11.2 Å². The second-order valence-electron chi connectivity index (χ2n) is 4.23. The predicted octanol–water partition coefficient (Wildman–Crippen LogP) is -4.71. The van der Waals surface area contributed by atoms with Crippen LogP contribution in [0.1, 0.15) is 0 Å². The van der Waals surface area contributed by atoms with Crippen LogP contribution in [-0.2, 0) is 0 Å². The molecular weight excluding hydrogens is 304 g/mol. The van der Waals surface area contributed by atoms with E-state index in [0.29, 0.717) is 0 Å². The molecule has 0 aliphatic rings. The fourth-order valence-electron chi connectivity index (χ4n) is 1.43. The summed E-state index contributed by atoms with van der Waals surface area (Å²) < 4.78 is 0. The highest BCUT2D eigenvalue weighted by molar-refractivity contribution is 5.67. The van der Waals surface area contributed by atoms with Gasteiger partial charge < -0.3 is 25.5 Å². The van der Waals surface area contributed by atoms with E-state index in [4.69, 9.17) is 25.5 Å². The zero-order chi connectivity index (χ0) is 16.9. The highest BCUT2D eigenvalue weighted by atomic mass is 16.4. The Morgan fingerprint density at radius 3 is 1.68 bits per heavy atom. The van der Waals surface area contributed by atoms with Crippen molar-refractivity contribution in [2.24, 2.45) is 0 Å². The third kappa shape index (κ3) is 4.37. The first kappa shape index (κ1) is 17.8. The Kier molecular flexibility index (Phi) is 6.21. The molecule has 9 N–H and O–H groups in total. The summed E-state index contributed by atoms with van der Waals surface area (Å²) in [5.41, 5.74) is -1.65. The van der Waals surface area contributed by atoms with Gasteiger partial charge in [0.25, 0.3) is 5.56 Å². The van der Waals surface area contributed by atoms with Gasteiger partial charge in [-0.05, 0) is 0 Å². The van der Waals surface area contributed by atoms with Gasteiger partial charge in [-0.3, -0.25) is 24.7 Å². The van der Waals surface area contributed by atoms with Gasteiger partial charge in [0.15, 0.2) is 0 Å². The van der Waals surface area contributed by atoms with Crippen LogP contribution in [0.5, 0.6) is 0 Å². The Hall–Kier alpha value is -2.25. The SMILES string of the molecule is O=c1[nH]c(=O)c2[nH]c(=O)[nH]c2[nH]1.OCC(O)C(O)C(O)CO. The highest BCUT2D eigenvalue weighted by Crippen LogP contribution is 1.98. The van der Waals surface area contributed by atoms with Crippen LogP contribution in [0.15, 0.2) is 14.4 Å². The third-order valence-electron chi connectivity index (χ3n) is 2.58. The minimum atomic E-state index is -1.49. The van der Waals surface area contributed by atoms with Crippen LogP contribution in [0.3, 0.4) is 0 Å². The lowest BCUT2D eigenvalue weighted by molar-refractivity contribution is -0.0900. The largest absolute Gasteiger partial charge is 0.394 e. The van der Waals surface area contributed by atoms with Gasteiger partial charge >= 0.3 is 11.4 Å². The molecule has 12 heteroatoms. The fraction of sp³-hybridized carbons (Fsp3) is 0.500. The van der Waals surface area contributed by atoms with E-state index < -0.39 is 48.5 Å². The van der Waals surface area contributed by atoms with Gasteiger partial charge in [0.05, 0.1) is 13.2 Å². The average molecular weight is 320 g/mol. The van der Waals surface area contributed by atoms with Gasteiger partial charge in [-0.25, -0.2) is 9.59 Å². The van der Waals surface area contributed by atoms with Gasteiger partial charge in [0.2, 0.25) is 0 Å². The first-order valence-corrected chi connectivity index (χ1v) is 6.00. The maximum Gasteiger partial charge on any atom is 0.327 e. The smallest absolute Gasteiger partial charge is 0.327 e. The number of hydrogen-bond acceptors (Lipinski definition) is 8. The first-order valence-electron chi connectivity index (χ1n) is 6.00. The van der Waals surface area contributed by atoms with Crippen LogP contribution >= 0.6 is 0 Å². The lowest BCUT2D eigenvalue weighted by Crippen LogP contribution is -2.41. The summed E-state index contributed by atoms with van der Waals surface area (Å²) in [7, 11) is 0. The molecular formula is C10H16N4O8. The molecule has 0 saturated carbocycles. The molecule has 2 heterocycles. The van der Waals surface area contributed by atoms with E-state index in [0.717, 1.165) is 0 Å². The molecule has 22 heavy (non-hydrogen) atoms. The number of aliphatic hydroxyl groups excluding tert-OH is 5. The number of fused-ring (bicyclic) bond motifs is 1. The van der Waals surface area contributed by atoms with Crippen molar-refractivity contribution in [1.29, 1.82) is 0 Å². The number of rotatable bonds is 4. The summed E-state index contributed by atoms with van der Waals surface area (Å²) in [5, 5.41) is 42.6. The lowest BCUT2D eigenvalue weighted by Gasteiger charge is -2.19. The van der Waals surface area contributed by atoms with E-state index in [1.807, 2.05) is 4.98 Å². The van der Waals surface area contributed by atoms with E-state index in [9.17, 15) is 14.4 Å². The molecule has 0 aromatic carbocycles. The number of aromatic nitrogens is 4. The molecule has 2 aromatic heterocycles. The van der Waals surface area contributed by atoms with Crippen LogP contribution in [0.4, 0.5) is 0 Å². The molecule has 0 amide bonds. The quantitative estimate of drug-likeness (QED) is 0.266. The van der Waals surface area contributed by atoms with E-state index in [-0.39, 0.29) is 11.2 Å². The summed E-state index contributed by atoms with van der Waals surface area (Å²) in [4.78, 5) is 41.0. The maximum absolute atomic E-state index is 10.9. The monoisotopic (exact) mass is 320 g/mol. The number of aromatic amines is 4. The normalized spacial score (nSPS) is 15.0. The average Bonchev–Trinajstić information content (AvgIpc) is 2.86. The summed E-state index contributed by atoms with van der Waals surface area (Å²) >= 11 is 0. The zero-order valence-corrected chi connectivity index (χ0v) is 11.1. The van der Waals surface area contributed by atoms with Crippen LogP contribution < -0.4 is 16.9 Å². The summed E-state index contributed by atoms with van der Waals surface area (Å²) in [6, 6.07) is 0. The molecule has 124 valence electrons. The van der Waals surface area contributed by atoms with Gasteiger partial charge in [-0.1, -0.05) is 0 Å². The minimum Gasteiger partial charge on any atom is -0.394 e. The number of hydrogen-bond donors (Lipinski definition) is 9. The molecule has 0 aliphatic heterocycles.